The molecular formula is C37H54N6O7. The molecule has 1 aliphatic carbocycles. The fourth-order valence-electron chi connectivity index (χ4n) is 6.82. The van der Waals surface area contributed by atoms with Crippen molar-refractivity contribution >= 4 is 41.4 Å². The molecule has 2 heterocycles. The number of imide groups is 1. The van der Waals surface area contributed by atoms with Gasteiger partial charge in [0.25, 0.3) is 17.7 Å². The summed E-state index contributed by atoms with van der Waals surface area (Å²) in [6.07, 6.45) is 2.75. The van der Waals surface area contributed by atoms with Crippen LogP contribution < -0.4 is 21.3 Å². The van der Waals surface area contributed by atoms with Crippen LogP contribution in [0, 0.1) is 28.6 Å². The van der Waals surface area contributed by atoms with Crippen molar-refractivity contribution in [1.29, 1.82) is 0 Å². The molecule has 0 aromatic heterocycles. The van der Waals surface area contributed by atoms with E-state index in [4.69, 9.17) is 0 Å². The van der Waals surface area contributed by atoms with E-state index in [1.54, 1.807) is 24.3 Å². The number of carbonyl (C=O) groups is 7. The van der Waals surface area contributed by atoms with Crippen LogP contribution in [-0.2, 0) is 19.2 Å². The number of nitrogens with zero attached hydrogens (tertiary/aromatic N) is 2. The van der Waals surface area contributed by atoms with Gasteiger partial charge in [0.05, 0.1) is 29.8 Å². The third-order valence-corrected chi connectivity index (χ3v) is 10.2. The zero-order valence-electron chi connectivity index (χ0n) is 30.8. The molecule has 1 aromatic carbocycles. The molecule has 5 atom stereocenters. The van der Waals surface area contributed by atoms with E-state index in [-0.39, 0.29) is 30.8 Å². The second-order valence-corrected chi connectivity index (χ2v) is 16.5. The van der Waals surface area contributed by atoms with Crippen molar-refractivity contribution in [3.63, 3.8) is 0 Å². The quantitative estimate of drug-likeness (QED) is 0.192. The summed E-state index contributed by atoms with van der Waals surface area (Å²) in [5.74, 6) is -3.24. The minimum absolute atomic E-state index is 0.0270. The van der Waals surface area contributed by atoms with Gasteiger partial charge in [-0.3, -0.25) is 33.7 Å². The predicted molar refractivity (Wildman–Crippen MR) is 187 cm³/mol. The minimum Gasteiger partial charge on any atom is -0.353 e. The molecule has 274 valence electrons. The Hall–Kier alpha value is -4.29. The Morgan fingerprint density at radius 2 is 1.42 bits per heavy atom. The fourth-order valence-corrected chi connectivity index (χ4v) is 6.82. The van der Waals surface area contributed by atoms with E-state index in [1.165, 1.54) is 11.9 Å². The number of rotatable bonds is 12. The number of benzene rings is 1. The molecule has 1 unspecified atom stereocenters. The molecule has 2 aliphatic heterocycles. The summed E-state index contributed by atoms with van der Waals surface area (Å²) < 4.78 is 0. The molecule has 0 bridgehead atoms. The van der Waals surface area contributed by atoms with Crippen molar-refractivity contribution in [1.82, 2.24) is 31.1 Å². The Labute approximate surface area is 295 Å². The first kappa shape index (κ1) is 38.5. The van der Waals surface area contributed by atoms with Gasteiger partial charge in [-0.2, -0.15) is 0 Å². The monoisotopic (exact) mass is 694 g/mol. The lowest BCUT2D eigenvalue weighted by Crippen LogP contribution is -2.62. The van der Waals surface area contributed by atoms with Crippen LogP contribution in [-0.4, -0.2) is 95.5 Å². The number of fused-ring (bicyclic) bond motifs is 1. The summed E-state index contributed by atoms with van der Waals surface area (Å²) in [5, 5.41) is 10.9. The van der Waals surface area contributed by atoms with Gasteiger partial charge in [-0.25, -0.2) is 4.79 Å². The number of hydrogen-bond acceptors (Lipinski definition) is 7. The van der Waals surface area contributed by atoms with Crippen LogP contribution in [0.3, 0.4) is 0 Å². The van der Waals surface area contributed by atoms with Crippen LogP contribution >= 0.6 is 0 Å². The predicted octanol–water partition coefficient (Wildman–Crippen LogP) is 2.88. The lowest BCUT2D eigenvalue weighted by molar-refractivity contribution is -0.144. The molecule has 3 aliphatic rings. The van der Waals surface area contributed by atoms with Gasteiger partial charge in [-0.05, 0) is 53.6 Å². The third kappa shape index (κ3) is 8.53. The van der Waals surface area contributed by atoms with Gasteiger partial charge in [0, 0.05) is 13.6 Å². The number of amides is 7. The van der Waals surface area contributed by atoms with E-state index < -0.39 is 76.3 Å². The van der Waals surface area contributed by atoms with Crippen LogP contribution in [0.25, 0.3) is 0 Å². The van der Waals surface area contributed by atoms with Gasteiger partial charge in [0.2, 0.25) is 17.6 Å². The molecular weight excluding hydrogens is 640 g/mol. The van der Waals surface area contributed by atoms with Crippen LogP contribution in [0.15, 0.2) is 24.3 Å². The van der Waals surface area contributed by atoms with Crippen LogP contribution in [0.2, 0.25) is 0 Å². The summed E-state index contributed by atoms with van der Waals surface area (Å²) in [5.41, 5.74) is -0.739. The van der Waals surface area contributed by atoms with Crippen LogP contribution in [0.5, 0.6) is 0 Å². The van der Waals surface area contributed by atoms with E-state index in [1.807, 2.05) is 55.4 Å². The van der Waals surface area contributed by atoms with Crippen molar-refractivity contribution in [2.75, 3.05) is 20.1 Å². The molecule has 1 saturated heterocycles. The van der Waals surface area contributed by atoms with E-state index in [2.05, 4.69) is 21.3 Å². The molecule has 7 amide bonds. The summed E-state index contributed by atoms with van der Waals surface area (Å²) in [6.45, 7) is 15.2. The molecule has 0 spiro atoms. The van der Waals surface area contributed by atoms with Crippen molar-refractivity contribution in [2.24, 2.45) is 28.6 Å². The maximum atomic E-state index is 14.4. The fraction of sp³-hybridized carbons (Fsp3) is 0.649. The highest BCUT2D eigenvalue weighted by Crippen LogP contribution is 2.36. The lowest BCUT2D eigenvalue weighted by atomic mass is 9.84. The number of likely N-dealkylation sites (N-methyl/N-ethyl adjacent to an activating group) is 1. The molecule has 2 fully saturated rings. The second-order valence-electron chi connectivity index (χ2n) is 16.5. The Bertz CT molecular complexity index is 1490. The van der Waals surface area contributed by atoms with Gasteiger partial charge < -0.3 is 26.2 Å². The number of carbonyl (C=O) groups excluding carboxylic acids is 7. The Balaban J connectivity index is 1.53. The maximum absolute atomic E-state index is 14.4. The minimum atomic E-state index is -1.06. The summed E-state index contributed by atoms with van der Waals surface area (Å²) in [4.78, 5) is 96.2. The zero-order chi connectivity index (χ0) is 37.3. The number of Topliss-reactive ketones (excluding diaryl/α,β-unsaturated/α-hetero) is 1. The highest BCUT2D eigenvalue weighted by atomic mass is 16.2. The molecule has 13 heteroatoms. The maximum Gasteiger partial charge on any atom is 0.315 e. The number of urea groups is 1. The first-order chi connectivity index (χ1) is 23.3. The van der Waals surface area contributed by atoms with Crippen LogP contribution in [0.1, 0.15) is 102 Å². The van der Waals surface area contributed by atoms with Gasteiger partial charge >= 0.3 is 6.03 Å². The largest absolute Gasteiger partial charge is 0.353 e. The summed E-state index contributed by atoms with van der Waals surface area (Å²) in [6, 6.07) is 2.30. The highest BCUT2D eigenvalue weighted by Gasteiger charge is 2.48. The normalized spacial score (nSPS) is 21.0. The van der Waals surface area contributed by atoms with E-state index in [0.29, 0.717) is 24.0 Å². The molecule has 50 heavy (non-hydrogen) atoms. The van der Waals surface area contributed by atoms with Gasteiger partial charge in [-0.1, -0.05) is 80.4 Å². The zero-order valence-corrected chi connectivity index (χ0v) is 30.8. The Kier molecular flexibility index (Phi) is 11.5. The average molecular weight is 695 g/mol. The summed E-state index contributed by atoms with van der Waals surface area (Å²) in [7, 11) is 1.37. The average Bonchev–Trinajstić information content (AvgIpc) is 3.69. The van der Waals surface area contributed by atoms with Crippen molar-refractivity contribution in [2.45, 2.75) is 105 Å². The first-order valence-electron chi connectivity index (χ1n) is 17.6. The number of likely N-dealkylation sites (tertiary alicyclic amines) is 1. The van der Waals surface area contributed by atoms with Crippen molar-refractivity contribution in [3.8, 4) is 0 Å². The van der Waals surface area contributed by atoms with Gasteiger partial charge in [0.1, 0.15) is 12.1 Å². The molecule has 4 rings (SSSR count). The van der Waals surface area contributed by atoms with Crippen molar-refractivity contribution in [3.05, 3.63) is 35.4 Å². The Morgan fingerprint density at radius 1 is 0.840 bits per heavy atom. The molecule has 13 nitrogen and oxygen atoms in total. The second kappa shape index (κ2) is 14.9. The third-order valence-electron chi connectivity index (χ3n) is 10.2. The van der Waals surface area contributed by atoms with E-state index >= 15 is 0 Å². The molecule has 4 N–H and O–H groups in total. The lowest BCUT2D eigenvalue weighted by Gasteiger charge is -2.38. The molecule has 0 radical (unpaired) electrons. The summed E-state index contributed by atoms with van der Waals surface area (Å²) >= 11 is 0. The first-order valence-corrected chi connectivity index (χ1v) is 17.6. The van der Waals surface area contributed by atoms with Crippen molar-refractivity contribution < 1.29 is 33.6 Å². The smallest absolute Gasteiger partial charge is 0.315 e. The Morgan fingerprint density at radius 3 is 1.90 bits per heavy atom. The standard InChI is InChI=1S/C37H54N6O7/c1-20(2)22-16-17-42(27(22)30(45)39-25(18-21-14-15-21)28(44)31(46)38-9)34(49)29(37(6,7)8)41-35(50)40-26(36(3,4)5)19-43-32(47)23-12-10-11-13-24(23)33(43)48/h10-13,20-22,25-27,29H,14-19H2,1-9H3,(H,38,46)(H,39,45)(H2,40,41,50)/t22-,25?,26-,27+,29-/m1/s1. The van der Waals surface area contributed by atoms with Crippen LogP contribution in [0.4, 0.5) is 4.79 Å². The van der Waals surface area contributed by atoms with E-state index in [9.17, 15) is 33.6 Å². The van der Waals surface area contributed by atoms with Gasteiger partial charge in [0.15, 0.2) is 0 Å². The number of ketones is 1. The van der Waals surface area contributed by atoms with E-state index in [0.717, 1.165) is 17.7 Å². The van der Waals surface area contributed by atoms with Gasteiger partial charge in [-0.15, -0.1) is 0 Å². The number of nitrogens with one attached hydrogen (secondary N) is 4. The SMILES string of the molecule is CNC(=O)C(=O)C(CC1CC1)NC(=O)[C@@H]1[C@@H](C(C)C)CCN1C(=O)[C@@H](NC(=O)N[C@H](CN1C(=O)c2ccccc2C1=O)C(C)(C)C)C(C)(C)C. The molecule has 1 aromatic rings. The molecule has 1 saturated carbocycles. The topological polar surface area (TPSA) is 174 Å². The highest BCUT2D eigenvalue weighted by molar-refractivity contribution is 6.38. The number of hydrogen-bond donors (Lipinski definition) is 4.